The van der Waals surface area contributed by atoms with E-state index in [0.717, 1.165) is 28.9 Å². The number of thiocarbonyl (C=S) groups is 1. The van der Waals surface area contributed by atoms with Gasteiger partial charge in [-0.15, -0.1) is 0 Å². The molecule has 2 rings (SSSR count). The molecule has 0 bridgehead atoms. The van der Waals surface area contributed by atoms with Gasteiger partial charge < -0.3 is 0 Å². The van der Waals surface area contributed by atoms with Gasteiger partial charge in [0, 0.05) is 0 Å². The van der Waals surface area contributed by atoms with Crippen LogP contribution in [0.3, 0.4) is 0 Å². The second-order valence-electron chi connectivity index (χ2n) is 5.49. The standard InChI is InChI=1S/C17H23ClNPS/c1-4-20(18,5-2,6-3)17(21)19-16-13-9-11-14-10-7-8-12-15(14)16/h7-13H,4-6H2,1-3H3,(H,19,21). The summed E-state index contributed by atoms with van der Waals surface area (Å²) in [6.45, 7) is 6.48. The van der Waals surface area contributed by atoms with E-state index < -0.39 is 5.96 Å². The molecule has 0 saturated heterocycles. The number of anilines is 1. The molecule has 0 heterocycles. The third-order valence-electron chi connectivity index (χ3n) is 4.71. The van der Waals surface area contributed by atoms with E-state index in [1.807, 2.05) is 0 Å². The second kappa shape index (κ2) is 6.20. The van der Waals surface area contributed by atoms with Gasteiger partial charge in [-0.2, -0.15) is 0 Å². The van der Waals surface area contributed by atoms with E-state index in [4.69, 9.17) is 23.5 Å². The van der Waals surface area contributed by atoms with Gasteiger partial charge in [-0.25, -0.2) is 0 Å². The summed E-state index contributed by atoms with van der Waals surface area (Å²) in [5.74, 6) is -2.48. The Bertz CT molecular complexity index is 650. The maximum absolute atomic E-state index is 7.13. The average molecular weight is 340 g/mol. The van der Waals surface area contributed by atoms with Crippen molar-refractivity contribution in [1.82, 2.24) is 0 Å². The van der Waals surface area contributed by atoms with Gasteiger partial charge in [-0.05, 0) is 0 Å². The van der Waals surface area contributed by atoms with Crippen molar-refractivity contribution < 1.29 is 0 Å². The summed E-state index contributed by atoms with van der Waals surface area (Å²) in [5, 5.41) is 5.88. The van der Waals surface area contributed by atoms with Crippen molar-refractivity contribution in [3.63, 3.8) is 0 Å². The van der Waals surface area contributed by atoms with Gasteiger partial charge in [0.05, 0.1) is 0 Å². The zero-order valence-electron chi connectivity index (χ0n) is 12.9. The van der Waals surface area contributed by atoms with Crippen LogP contribution in [-0.4, -0.2) is 23.2 Å². The topological polar surface area (TPSA) is 12.0 Å². The Balaban J connectivity index is 2.43. The predicted molar refractivity (Wildman–Crippen MR) is 105 cm³/mol. The average Bonchev–Trinajstić information content (AvgIpc) is 2.54. The van der Waals surface area contributed by atoms with Crippen molar-refractivity contribution in [2.75, 3.05) is 23.8 Å². The third kappa shape index (κ3) is 2.95. The van der Waals surface area contributed by atoms with Crippen LogP contribution in [0.1, 0.15) is 20.8 Å². The molecule has 0 atom stereocenters. The van der Waals surface area contributed by atoms with E-state index in [9.17, 15) is 0 Å². The first-order valence-corrected chi connectivity index (χ1v) is 11.6. The Morgan fingerprint density at radius 2 is 1.57 bits per heavy atom. The number of rotatable bonds is 5. The first-order chi connectivity index (χ1) is 9.97. The molecule has 4 heteroatoms. The first kappa shape index (κ1) is 16.7. The fourth-order valence-electron chi connectivity index (χ4n) is 2.69. The molecular formula is C17H23ClNPS. The first-order valence-electron chi connectivity index (χ1n) is 7.49. The van der Waals surface area contributed by atoms with Crippen LogP contribution in [0.5, 0.6) is 0 Å². The number of fused-ring (bicyclic) bond motifs is 1. The summed E-state index contributed by atoms with van der Waals surface area (Å²) < 4.78 is 0.853. The molecule has 2 aromatic carbocycles. The minimum atomic E-state index is -2.48. The predicted octanol–water partition coefficient (Wildman–Crippen LogP) is 6.30. The molecule has 0 aromatic heterocycles. The van der Waals surface area contributed by atoms with Crippen LogP contribution in [0.4, 0.5) is 5.69 Å². The molecule has 114 valence electrons. The SMILES string of the molecule is CCP(Cl)(CC)(CC)C(=S)Nc1cccc2ccccc12. The molecule has 0 fully saturated rings. The summed E-state index contributed by atoms with van der Waals surface area (Å²) in [5.41, 5.74) is 1.06. The van der Waals surface area contributed by atoms with Gasteiger partial charge in [-0.1, -0.05) is 0 Å². The van der Waals surface area contributed by atoms with E-state index in [2.05, 4.69) is 68.6 Å². The van der Waals surface area contributed by atoms with E-state index in [-0.39, 0.29) is 0 Å². The monoisotopic (exact) mass is 339 g/mol. The molecule has 0 aliphatic heterocycles. The minimum absolute atomic E-state index is 0.853. The van der Waals surface area contributed by atoms with Crippen molar-refractivity contribution in [3.05, 3.63) is 42.5 Å². The zero-order chi connectivity index (χ0) is 15.5. The van der Waals surface area contributed by atoms with E-state index in [1.165, 1.54) is 10.8 Å². The van der Waals surface area contributed by atoms with E-state index in [0.29, 0.717) is 0 Å². The Morgan fingerprint density at radius 1 is 1.00 bits per heavy atom. The second-order valence-corrected chi connectivity index (χ2v) is 14.4. The van der Waals surface area contributed by atoms with Crippen molar-refractivity contribution in [2.45, 2.75) is 20.8 Å². The van der Waals surface area contributed by atoms with E-state index >= 15 is 0 Å². The van der Waals surface area contributed by atoms with Crippen LogP contribution in [0.15, 0.2) is 42.5 Å². The van der Waals surface area contributed by atoms with Crippen molar-refractivity contribution in [1.29, 1.82) is 0 Å². The summed E-state index contributed by atoms with van der Waals surface area (Å²) in [6, 6.07) is 14.6. The summed E-state index contributed by atoms with van der Waals surface area (Å²) in [4.78, 5) is 0. The fourth-order valence-corrected chi connectivity index (χ4v) is 6.69. The van der Waals surface area contributed by atoms with Gasteiger partial charge in [0.1, 0.15) is 0 Å². The zero-order valence-corrected chi connectivity index (χ0v) is 15.4. The maximum atomic E-state index is 7.13. The molecule has 0 amide bonds. The van der Waals surface area contributed by atoms with Crippen molar-refractivity contribution in [2.24, 2.45) is 0 Å². The molecule has 1 N–H and O–H groups in total. The molecule has 2 aromatic rings. The molecule has 0 saturated carbocycles. The molecule has 0 spiro atoms. The number of halogens is 1. The molecule has 0 aliphatic carbocycles. The normalized spacial score (nSPS) is 13.6. The molecular weight excluding hydrogens is 317 g/mol. The van der Waals surface area contributed by atoms with Gasteiger partial charge >= 0.3 is 138 Å². The van der Waals surface area contributed by atoms with Gasteiger partial charge in [0.25, 0.3) is 0 Å². The van der Waals surface area contributed by atoms with Crippen LogP contribution in [0, 0.1) is 0 Å². The molecule has 1 nitrogen and oxygen atoms in total. The molecule has 0 radical (unpaired) electrons. The number of hydrogen-bond donors (Lipinski definition) is 1. The van der Waals surface area contributed by atoms with Gasteiger partial charge in [0.15, 0.2) is 0 Å². The van der Waals surface area contributed by atoms with Crippen LogP contribution >= 0.6 is 29.4 Å². The van der Waals surface area contributed by atoms with Gasteiger partial charge in [0.2, 0.25) is 0 Å². The van der Waals surface area contributed by atoms with Crippen molar-refractivity contribution >= 4 is 50.6 Å². The number of hydrogen-bond acceptors (Lipinski definition) is 1. The third-order valence-corrected chi connectivity index (χ3v) is 14.7. The van der Waals surface area contributed by atoms with E-state index in [1.54, 1.807) is 0 Å². The Hall–Kier alpha value is -0.690. The summed E-state index contributed by atoms with van der Waals surface area (Å²) >= 11 is 12.9. The molecule has 21 heavy (non-hydrogen) atoms. The van der Waals surface area contributed by atoms with Crippen LogP contribution in [0.25, 0.3) is 10.8 Å². The van der Waals surface area contributed by atoms with Crippen LogP contribution in [0.2, 0.25) is 0 Å². The Labute approximate surface area is 137 Å². The Kier molecular flexibility index (Phi) is 4.92. The number of benzene rings is 2. The molecule has 0 unspecified atom stereocenters. The molecule has 0 aliphatic rings. The fraction of sp³-hybridized carbons (Fsp3) is 0.353. The van der Waals surface area contributed by atoms with Crippen LogP contribution < -0.4 is 5.32 Å². The van der Waals surface area contributed by atoms with Crippen LogP contribution in [-0.2, 0) is 0 Å². The van der Waals surface area contributed by atoms with Crippen molar-refractivity contribution in [3.8, 4) is 0 Å². The number of nitrogens with one attached hydrogen (secondary N) is 1. The summed E-state index contributed by atoms with van der Waals surface area (Å²) in [7, 11) is 0. The quantitative estimate of drug-likeness (QED) is 0.506. The summed E-state index contributed by atoms with van der Waals surface area (Å²) in [6.07, 6.45) is 2.82. The van der Waals surface area contributed by atoms with Gasteiger partial charge in [-0.3, -0.25) is 0 Å². The Morgan fingerprint density at radius 3 is 2.19 bits per heavy atom.